The largest absolute Gasteiger partial charge is 0.456 e. The van der Waals surface area contributed by atoms with Crippen LogP contribution in [0.3, 0.4) is 0 Å². The Balaban J connectivity index is 1.04. The van der Waals surface area contributed by atoms with Gasteiger partial charge in [0.1, 0.15) is 11.2 Å². The molecule has 0 amide bonds. The normalized spacial score (nSPS) is 23.8. The van der Waals surface area contributed by atoms with Crippen LogP contribution in [0.1, 0.15) is 68.2 Å². The highest BCUT2D eigenvalue weighted by Gasteiger charge is 2.62. The summed E-state index contributed by atoms with van der Waals surface area (Å²) in [6.45, 7) is 4.94. The molecule has 5 aliphatic rings. The molecule has 0 unspecified atom stereocenters. The predicted molar refractivity (Wildman–Crippen MR) is 236 cm³/mol. The molecule has 4 fully saturated rings. The van der Waals surface area contributed by atoms with Crippen molar-refractivity contribution in [3.05, 3.63) is 186 Å². The molecule has 278 valence electrons. The van der Waals surface area contributed by atoms with Crippen LogP contribution >= 0.6 is 0 Å². The minimum atomic E-state index is -0.0836. The standard InChI is InChI=1S/C55H47NO/c1-54(2)47-16-8-9-17-49(47)55(40-29-35-28-36(31-40)32-41(55)30-35)50-34-43(25-27-48(50)54)56(51-18-10-6-14-44(51)38-12-4-3-5-13-38)42-23-20-37(21-24-42)39-22-26-46-45-15-7-11-19-52(45)57-53(46)33-39/h3-27,33-36,40-41H,28-32H2,1-2H3. The zero-order valence-electron chi connectivity index (χ0n) is 32.8. The van der Waals surface area contributed by atoms with Gasteiger partial charge in [-0.15, -0.1) is 0 Å². The number of benzene rings is 7. The maximum Gasteiger partial charge on any atom is 0.136 e. The van der Waals surface area contributed by atoms with Gasteiger partial charge in [0.15, 0.2) is 0 Å². The van der Waals surface area contributed by atoms with Crippen molar-refractivity contribution in [1.82, 2.24) is 0 Å². The van der Waals surface area contributed by atoms with Crippen molar-refractivity contribution in [3.8, 4) is 22.3 Å². The lowest BCUT2D eigenvalue weighted by Crippen LogP contribution is -2.58. The van der Waals surface area contributed by atoms with E-state index in [9.17, 15) is 0 Å². The summed E-state index contributed by atoms with van der Waals surface area (Å²) in [6, 6.07) is 61.2. The third-order valence-electron chi connectivity index (χ3n) is 14.9. The Bertz CT molecular complexity index is 2810. The van der Waals surface area contributed by atoms with Crippen molar-refractivity contribution in [3.63, 3.8) is 0 Å². The molecule has 1 heterocycles. The van der Waals surface area contributed by atoms with E-state index in [1.54, 1.807) is 16.7 Å². The Labute approximate surface area is 335 Å². The van der Waals surface area contributed by atoms with Gasteiger partial charge in [-0.3, -0.25) is 0 Å². The molecule has 2 heteroatoms. The molecule has 7 aromatic carbocycles. The molecule has 1 aromatic heterocycles. The van der Waals surface area contributed by atoms with E-state index in [0.29, 0.717) is 11.8 Å². The van der Waals surface area contributed by atoms with E-state index in [1.807, 2.05) is 6.07 Å². The fraction of sp³-hybridized carbons (Fsp3) is 0.236. The van der Waals surface area contributed by atoms with Crippen molar-refractivity contribution < 1.29 is 4.42 Å². The summed E-state index contributed by atoms with van der Waals surface area (Å²) in [4.78, 5) is 2.53. The highest BCUT2D eigenvalue weighted by molar-refractivity contribution is 6.06. The number of hydrogen-bond acceptors (Lipinski definition) is 2. The van der Waals surface area contributed by atoms with Crippen LogP contribution in [0.5, 0.6) is 0 Å². The second kappa shape index (κ2) is 12.3. The van der Waals surface area contributed by atoms with E-state index in [1.165, 1.54) is 65.7 Å². The highest BCUT2D eigenvalue weighted by Crippen LogP contribution is 2.69. The fourth-order valence-electron chi connectivity index (χ4n) is 12.7. The average Bonchev–Trinajstić information content (AvgIpc) is 3.62. The zero-order chi connectivity index (χ0) is 37.9. The molecular weight excluding hydrogens is 691 g/mol. The highest BCUT2D eigenvalue weighted by atomic mass is 16.3. The van der Waals surface area contributed by atoms with Crippen LogP contribution in [0.2, 0.25) is 0 Å². The number of nitrogens with zero attached hydrogens (tertiary/aromatic N) is 1. The lowest BCUT2D eigenvalue weighted by atomic mass is 9.39. The second-order valence-corrected chi connectivity index (χ2v) is 18.1. The molecule has 8 aromatic rings. The molecule has 57 heavy (non-hydrogen) atoms. The zero-order valence-corrected chi connectivity index (χ0v) is 32.8. The van der Waals surface area contributed by atoms with Gasteiger partial charge in [0, 0.05) is 38.5 Å². The number of fused-ring (bicyclic) bond motifs is 5. The smallest absolute Gasteiger partial charge is 0.136 e. The molecule has 0 atom stereocenters. The number of rotatable bonds is 5. The molecule has 4 bridgehead atoms. The van der Waals surface area contributed by atoms with Crippen LogP contribution in [0.25, 0.3) is 44.2 Å². The van der Waals surface area contributed by atoms with Crippen molar-refractivity contribution in [2.24, 2.45) is 23.7 Å². The molecule has 13 rings (SSSR count). The van der Waals surface area contributed by atoms with Gasteiger partial charge in [-0.25, -0.2) is 0 Å². The van der Waals surface area contributed by atoms with E-state index < -0.39 is 0 Å². The number of para-hydroxylation sites is 2. The molecule has 0 N–H and O–H groups in total. The van der Waals surface area contributed by atoms with E-state index in [-0.39, 0.29) is 10.8 Å². The van der Waals surface area contributed by atoms with E-state index in [2.05, 4.69) is 176 Å². The van der Waals surface area contributed by atoms with Gasteiger partial charge in [0.25, 0.3) is 0 Å². The monoisotopic (exact) mass is 737 g/mol. The Morgan fingerprint density at radius 3 is 1.86 bits per heavy atom. The summed E-state index contributed by atoms with van der Waals surface area (Å²) < 4.78 is 6.30. The average molecular weight is 738 g/mol. The first kappa shape index (κ1) is 33.3. The van der Waals surface area contributed by atoms with Gasteiger partial charge < -0.3 is 9.32 Å². The van der Waals surface area contributed by atoms with Gasteiger partial charge in [0.05, 0.1) is 5.69 Å². The second-order valence-electron chi connectivity index (χ2n) is 18.1. The first-order valence-electron chi connectivity index (χ1n) is 21.2. The Morgan fingerprint density at radius 1 is 0.456 bits per heavy atom. The van der Waals surface area contributed by atoms with E-state index in [4.69, 9.17) is 4.42 Å². The van der Waals surface area contributed by atoms with Gasteiger partial charge in [-0.1, -0.05) is 129 Å². The number of furan rings is 1. The van der Waals surface area contributed by atoms with Gasteiger partial charge >= 0.3 is 0 Å². The maximum absolute atomic E-state index is 6.30. The first-order valence-corrected chi connectivity index (χ1v) is 21.2. The minimum absolute atomic E-state index is 0.0502. The molecule has 0 saturated heterocycles. The number of anilines is 3. The lowest BCUT2D eigenvalue weighted by Gasteiger charge is -2.64. The lowest BCUT2D eigenvalue weighted by molar-refractivity contribution is -0.0443. The molecule has 0 aliphatic heterocycles. The first-order chi connectivity index (χ1) is 28.0. The molecule has 5 aliphatic carbocycles. The van der Waals surface area contributed by atoms with Gasteiger partial charge in [0.2, 0.25) is 0 Å². The third-order valence-corrected chi connectivity index (χ3v) is 14.9. The van der Waals surface area contributed by atoms with Crippen LogP contribution in [-0.2, 0) is 10.8 Å². The van der Waals surface area contributed by atoms with Crippen LogP contribution in [0.15, 0.2) is 168 Å². The van der Waals surface area contributed by atoms with Crippen molar-refractivity contribution >= 4 is 39.0 Å². The third kappa shape index (κ3) is 4.83. The van der Waals surface area contributed by atoms with Gasteiger partial charge in [-0.05, 0) is 143 Å². The summed E-state index contributed by atoms with van der Waals surface area (Å²) in [7, 11) is 0. The summed E-state index contributed by atoms with van der Waals surface area (Å²) in [6.07, 6.45) is 6.93. The van der Waals surface area contributed by atoms with Crippen LogP contribution < -0.4 is 4.90 Å². The van der Waals surface area contributed by atoms with Crippen molar-refractivity contribution in [2.45, 2.75) is 56.8 Å². The van der Waals surface area contributed by atoms with Crippen LogP contribution in [0.4, 0.5) is 17.1 Å². The minimum Gasteiger partial charge on any atom is -0.456 e. The van der Waals surface area contributed by atoms with E-state index >= 15 is 0 Å². The van der Waals surface area contributed by atoms with E-state index in [0.717, 1.165) is 45.0 Å². The molecule has 2 nitrogen and oxygen atoms in total. The predicted octanol–water partition coefficient (Wildman–Crippen LogP) is 14.8. The Kier molecular flexibility index (Phi) is 7.20. The Morgan fingerprint density at radius 2 is 1.07 bits per heavy atom. The van der Waals surface area contributed by atoms with Crippen LogP contribution in [-0.4, -0.2) is 0 Å². The van der Waals surface area contributed by atoms with Crippen LogP contribution in [0, 0.1) is 23.7 Å². The summed E-state index contributed by atoms with van der Waals surface area (Å²) in [5, 5.41) is 2.32. The Hall–Kier alpha value is -5.86. The maximum atomic E-state index is 6.30. The van der Waals surface area contributed by atoms with Crippen molar-refractivity contribution in [2.75, 3.05) is 4.90 Å². The van der Waals surface area contributed by atoms with Crippen molar-refractivity contribution in [1.29, 1.82) is 0 Å². The topological polar surface area (TPSA) is 16.4 Å². The van der Waals surface area contributed by atoms with Gasteiger partial charge in [-0.2, -0.15) is 0 Å². The summed E-state index contributed by atoms with van der Waals surface area (Å²) >= 11 is 0. The SMILES string of the molecule is CC1(C)c2ccccc2C2(c3cc(N(c4ccc(-c5ccc6c(c5)oc5ccccc56)cc4)c4ccccc4-c4ccccc4)ccc31)C1CC3CC(C1)CC2C3. The molecule has 0 radical (unpaired) electrons. The summed E-state index contributed by atoms with van der Waals surface area (Å²) in [5.74, 6) is 3.17. The molecular formula is C55H47NO. The molecule has 4 saturated carbocycles. The summed E-state index contributed by atoms with van der Waals surface area (Å²) in [5.41, 5.74) is 16.5. The quantitative estimate of drug-likeness (QED) is 0.175. The fourth-order valence-corrected chi connectivity index (χ4v) is 12.7. The molecule has 1 spiro atoms. The number of hydrogen-bond donors (Lipinski definition) is 0.